The molecule has 2 rings (SSSR count). The number of carbonyl (C=O) groups is 2. The first kappa shape index (κ1) is 15.3. The zero-order valence-corrected chi connectivity index (χ0v) is 12.4. The van der Waals surface area contributed by atoms with Crippen LogP contribution in [0, 0.1) is 0 Å². The molecule has 1 unspecified atom stereocenters. The van der Waals surface area contributed by atoms with E-state index >= 15 is 0 Å². The Labute approximate surface area is 120 Å². The normalized spacial score (nSPS) is 26.9. The van der Waals surface area contributed by atoms with Crippen LogP contribution in [0.5, 0.6) is 0 Å². The zero-order chi connectivity index (χ0) is 14.8. The van der Waals surface area contributed by atoms with E-state index in [2.05, 4.69) is 10.2 Å². The number of likely N-dealkylation sites (tertiary alicyclic amines) is 1. The molecule has 0 aromatic carbocycles. The highest BCUT2D eigenvalue weighted by Crippen LogP contribution is 2.21. The van der Waals surface area contributed by atoms with Crippen molar-refractivity contribution >= 4 is 11.9 Å². The number of rotatable bonds is 5. The molecule has 20 heavy (non-hydrogen) atoms. The van der Waals surface area contributed by atoms with Crippen LogP contribution in [-0.4, -0.2) is 64.7 Å². The van der Waals surface area contributed by atoms with Gasteiger partial charge in [0.1, 0.15) is 5.54 Å². The maximum absolute atomic E-state index is 12.1. The van der Waals surface area contributed by atoms with Crippen LogP contribution >= 0.6 is 0 Å². The summed E-state index contributed by atoms with van der Waals surface area (Å²) >= 11 is 0. The number of imide groups is 1. The topological polar surface area (TPSA) is 72.9 Å². The average Bonchev–Trinajstić information content (AvgIpc) is 2.59. The van der Waals surface area contributed by atoms with Gasteiger partial charge in [0, 0.05) is 25.7 Å². The van der Waals surface area contributed by atoms with E-state index in [0.717, 1.165) is 25.8 Å². The Bertz CT molecular complexity index is 382. The highest BCUT2D eigenvalue weighted by molar-refractivity contribution is 6.06. The predicted octanol–water partition coefficient (Wildman–Crippen LogP) is 0.554. The van der Waals surface area contributed by atoms with E-state index in [1.54, 1.807) is 13.8 Å². The molecule has 1 atom stereocenters. The van der Waals surface area contributed by atoms with Crippen LogP contribution in [0.25, 0.3) is 0 Å². The highest BCUT2D eigenvalue weighted by atomic mass is 16.3. The van der Waals surface area contributed by atoms with Gasteiger partial charge in [0.15, 0.2) is 0 Å². The molecular weight excluding hydrogens is 258 g/mol. The van der Waals surface area contributed by atoms with Crippen molar-refractivity contribution in [1.29, 1.82) is 0 Å². The number of piperidine rings is 1. The van der Waals surface area contributed by atoms with Crippen LogP contribution in [0.4, 0.5) is 4.79 Å². The second-order valence-corrected chi connectivity index (χ2v) is 6.21. The van der Waals surface area contributed by atoms with Crippen LogP contribution in [0.15, 0.2) is 0 Å². The molecule has 6 nitrogen and oxygen atoms in total. The third-order valence-corrected chi connectivity index (χ3v) is 4.27. The molecule has 2 N–H and O–H groups in total. The first-order valence-electron chi connectivity index (χ1n) is 7.45. The van der Waals surface area contributed by atoms with Gasteiger partial charge in [0.2, 0.25) is 0 Å². The van der Waals surface area contributed by atoms with Gasteiger partial charge in [-0.25, -0.2) is 4.79 Å². The number of amides is 3. The van der Waals surface area contributed by atoms with Gasteiger partial charge in [-0.1, -0.05) is 6.42 Å². The van der Waals surface area contributed by atoms with Crippen LogP contribution in [0.2, 0.25) is 0 Å². The van der Waals surface area contributed by atoms with E-state index < -0.39 is 5.54 Å². The van der Waals surface area contributed by atoms with E-state index in [0.29, 0.717) is 19.1 Å². The molecule has 0 radical (unpaired) electrons. The van der Waals surface area contributed by atoms with Crippen LogP contribution in [0.3, 0.4) is 0 Å². The van der Waals surface area contributed by atoms with E-state index in [4.69, 9.17) is 5.11 Å². The third kappa shape index (κ3) is 3.12. The fraction of sp³-hybridized carbons (Fsp3) is 0.857. The van der Waals surface area contributed by atoms with Crippen LogP contribution in [0.1, 0.15) is 39.5 Å². The van der Waals surface area contributed by atoms with Crippen LogP contribution < -0.4 is 5.32 Å². The summed E-state index contributed by atoms with van der Waals surface area (Å²) in [4.78, 5) is 27.5. The molecule has 0 aromatic rings. The third-order valence-electron chi connectivity index (χ3n) is 4.27. The molecule has 2 fully saturated rings. The molecule has 6 heteroatoms. The standard InChI is InChI=1S/C14H25N3O3/c1-14(2)12(19)17(13(20)15-14)9-8-16-7-4-3-5-11(16)6-10-18/h11,18H,3-10H2,1-2H3,(H,15,20). The van der Waals surface area contributed by atoms with Crippen molar-refractivity contribution in [3.63, 3.8) is 0 Å². The summed E-state index contributed by atoms with van der Waals surface area (Å²) in [6.45, 7) is 5.75. The minimum Gasteiger partial charge on any atom is -0.396 e. The van der Waals surface area contributed by atoms with Gasteiger partial charge < -0.3 is 10.4 Å². The molecule has 2 aliphatic heterocycles. The minimum atomic E-state index is -0.788. The van der Waals surface area contributed by atoms with E-state index in [1.165, 1.54) is 11.3 Å². The number of urea groups is 1. The highest BCUT2D eigenvalue weighted by Gasteiger charge is 2.44. The predicted molar refractivity (Wildman–Crippen MR) is 75.2 cm³/mol. The molecule has 0 aromatic heterocycles. The zero-order valence-electron chi connectivity index (χ0n) is 12.4. The van der Waals surface area contributed by atoms with Crippen molar-refractivity contribution < 1.29 is 14.7 Å². The lowest BCUT2D eigenvalue weighted by molar-refractivity contribution is -0.130. The molecule has 114 valence electrons. The lowest BCUT2D eigenvalue weighted by Gasteiger charge is -2.36. The van der Waals surface area contributed by atoms with Crippen molar-refractivity contribution in [2.75, 3.05) is 26.2 Å². The van der Waals surface area contributed by atoms with E-state index in [1.807, 2.05) is 0 Å². The maximum atomic E-state index is 12.1. The molecular formula is C14H25N3O3. The lowest BCUT2D eigenvalue weighted by Crippen LogP contribution is -2.46. The van der Waals surface area contributed by atoms with Crippen molar-refractivity contribution in [3.05, 3.63) is 0 Å². The van der Waals surface area contributed by atoms with Gasteiger partial charge in [0.25, 0.3) is 5.91 Å². The number of hydrogen-bond donors (Lipinski definition) is 2. The average molecular weight is 283 g/mol. The van der Waals surface area contributed by atoms with Gasteiger partial charge >= 0.3 is 6.03 Å². The fourth-order valence-corrected chi connectivity index (χ4v) is 3.08. The summed E-state index contributed by atoms with van der Waals surface area (Å²) in [6.07, 6.45) is 4.20. The number of nitrogens with zero attached hydrogens (tertiary/aromatic N) is 2. The van der Waals surface area contributed by atoms with Crippen molar-refractivity contribution in [2.45, 2.75) is 51.1 Å². The monoisotopic (exact) mass is 283 g/mol. The second kappa shape index (κ2) is 6.10. The lowest BCUT2D eigenvalue weighted by atomic mass is 9.99. The van der Waals surface area contributed by atoms with Crippen molar-refractivity contribution in [1.82, 2.24) is 15.1 Å². The number of aliphatic hydroxyl groups excluding tert-OH is 1. The minimum absolute atomic E-state index is 0.154. The van der Waals surface area contributed by atoms with Gasteiger partial charge in [-0.15, -0.1) is 0 Å². The molecule has 0 aliphatic carbocycles. The van der Waals surface area contributed by atoms with Gasteiger partial charge in [-0.3, -0.25) is 14.6 Å². The molecule has 2 heterocycles. The molecule has 3 amide bonds. The second-order valence-electron chi connectivity index (χ2n) is 6.21. The number of carbonyl (C=O) groups excluding carboxylic acids is 2. The summed E-state index contributed by atoms with van der Waals surface area (Å²) in [6, 6.07) is 0.0817. The Kier molecular flexibility index (Phi) is 4.65. The van der Waals surface area contributed by atoms with Gasteiger partial charge in [0.05, 0.1) is 0 Å². The summed E-state index contributed by atoms with van der Waals surface area (Å²) in [5.41, 5.74) is -0.788. The Morgan fingerprint density at radius 3 is 2.65 bits per heavy atom. The summed E-state index contributed by atoms with van der Waals surface area (Å²) in [5, 5.41) is 11.8. The quantitative estimate of drug-likeness (QED) is 0.723. The number of hydrogen-bond acceptors (Lipinski definition) is 4. The molecule has 0 spiro atoms. The smallest absolute Gasteiger partial charge is 0.325 e. The van der Waals surface area contributed by atoms with Crippen LogP contribution in [-0.2, 0) is 4.79 Å². The van der Waals surface area contributed by atoms with Crippen molar-refractivity contribution in [2.24, 2.45) is 0 Å². The Morgan fingerprint density at radius 1 is 1.30 bits per heavy atom. The Balaban J connectivity index is 1.91. The Hall–Kier alpha value is -1.14. The largest absolute Gasteiger partial charge is 0.396 e. The van der Waals surface area contributed by atoms with E-state index in [-0.39, 0.29) is 18.5 Å². The van der Waals surface area contributed by atoms with Crippen molar-refractivity contribution in [3.8, 4) is 0 Å². The molecule has 0 bridgehead atoms. The fourth-order valence-electron chi connectivity index (χ4n) is 3.08. The first-order valence-corrected chi connectivity index (χ1v) is 7.45. The molecule has 2 aliphatic rings. The first-order chi connectivity index (χ1) is 9.45. The number of nitrogens with one attached hydrogen (secondary N) is 1. The van der Waals surface area contributed by atoms with Gasteiger partial charge in [-0.2, -0.15) is 0 Å². The molecule has 0 saturated carbocycles. The maximum Gasteiger partial charge on any atom is 0.325 e. The summed E-state index contributed by atoms with van der Waals surface area (Å²) < 4.78 is 0. The summed E-state index contributed by atoms with van der Waals surface area (Å²) in [5.74, 6) is -0.154. The number of aliphatic hydroxyl groups is 1. The molecule has 2 saturated heterocycles. The van der Waals surface area contributed by atoms with Gasteiger partial charge in [-0.05, 0) is 39.7 Å². The van der Waals surface area contributed by atoms with E-state index in [9.17, 15) is 9.59 Å². The Morgan fingerprint density at radius 2 is 2.05 bits per heavy atom. The SMILES string of the molecule is CC1(C)NC(=O)N(CCN2CCCCC2CCO)C1=O. The summed E-state index contributed by atoms with van der Waals surface area (Å²) in [7, 11) is 0.